The minimum Gasteiger partial charge on any atom is -0.502 e. The molecule has 3 aliphatic rings. The van der Waals surface area contributed by atoms with Crippen molar-refractivity contribution in [3.05, 3.63) is 82.1 Å². The number of nitrogens with zero attached hydrogens (tertiary/aromatic N) is 5. The number of phenols is 1. The Morgan fingerprint density at radius 2 is 1.44 bits per heavy atom. The highest BCUT2D eigenvalue weighted by Crippen LogP contribution is 2.37. The molecule has 0 radical (unpaired) electrons. The van der Waals surface area contributed by atoms with Gasteiger partial charge in [-0.25, -0.2) is 0 Å². The molecular weight excluding hydrogens is 1010 g/mol. The van der Waals surface area contributed by atoms with Crippen molar-refractivity contribution in [2.75, 3.05) is 27.3 Å². The summed E-state index contributed by atoms with van der Waals surface area (Å²) in [5.74, 6) is -6.32. The Hall–Kier alpha value is -6.87. The van der Waals surface area contributed by atoms with Crippen LogP contribution >= 0.6 is 0 Å². The average molecular weight is 1100 g/mol. The van der Waals surface area contributed by atoms with E-state index in [0.717, 1.165) is 29.5 Å². The number of hydrogen-bond donors (Lipinski definition) is 5. The third kappa shape index (κ3) is 14.5. The zero-order valence-corrected chi connectivity index (χ0v) is 47.9. The molecule has 3 saturated heterocycles. The minimum atomic E-state index is -1.51. The number of nitrogens with one attached hydrogen (secondary N) is 4. The molecule has 7 amide bonds. The van der Waals surface area contributed by atoms with Gasteiger partial charge in [0.1, 0.15) is 54.6 Å². The summed E-state index contributed by atoms with van der Waals surface area (Å²) in [7, 11) is 2.88. The number of allylic oxidation sites excluding steroid dienone is 1. The van der Waals surface area contributed by atoms with Crippen LogP contribution in [0.25, 0.3) is 10.9 Å². The molecule has 21 nitrogen and oxygen atoms in total. The van der Waals surface area contributed by atoms with E-state index < -0.39 is 118 Å². The van der Waals surface area contributed by atoms with Gasteiger partial charge in [0.25, 0.3) is 0 Å². The summed E-state index contributed by atoms with van der Waals surface area (Å²) < 4.78 is 14.3. The number of piperidine rings is 1. The van der Waals surface area contributed by atoms with Crippen LogP contribution in [0.2, 0.25) is 0 Å². The van der Waals surface area contributed by atoms with E-state index in [1.807, 2.05) is 72.0 Å². The van der Waals surface area contributed by atoms with Crippen LogP contribution in [0.5, 0.6) is 5.75 Å². The molecule has 4 heterocycles. The van der Waals surface area contributed by atoms with Crippen molar-refractivity contribution in [2.45, 2.75) is 181 Å². The Labute approximate surface area is 463 Å². The molecule has 3 aliphatic heterocycles. The molecule has 3 fully saturated rings. The largest absolute Gasteiger partial charge is 0.502 e. The molecular formula is C58H83N9O12. The van der Waals surface area contributed by atoms with E-state index >= 15 is 19.2 Å². The van der Waals surface area contributed by atoms with Crippen molar-refractivity contribution in [1.82, 2.24) is 40.5 Å². The van der Waals surface area contributed by atoms with Gasteiger partial charge in [-0.05, 0) is 94.9 Å². The number of aromatic hydroxyl groups is 1. The van der Waals surface area contributed by atoms with Crippen LogP contribution in [0.1, 0.15) is 119 Å². The predicted octanol–water partition coefficient (Wildman–Crippen LogP) is 5.24. The summed E-state index contributed by atoms with van der Waals surface area (Å²) in [4.78, 5) is 120. The lowest BCUT2D eigenvalue weighted by atomic mass is 9.88. The number of fused-ring (bicyclic) bond motifs is 3. The first-order chi connectivity index (χ1) is 37.3. The van der Waals surface area contributed by atoms with E-state index in [4.69, 9.17) is 9.47 Å². The van der Waals surface area contributed by atoms with Gasteiger partial charge in [0.2, 0.25) is 41.4 Å². The highest BCUT2D eigenvalue weighted by atomic mass is 16.6. The molecule has 2 bridgehead atoms. The second-order valence-corrected chi connectivity index (χ2v) is 23.0. The summed E-state index contributed by atoms with van der Waals surface area (Å²) in [5, 5.41) is 34.5. The van der Waals surface area contributed by atoms with Crippen molar-refractivity contribution in [1.29, 1.82) is 0 Å². The van der Waals surface area contributed by atoms with Gasteiger partial charge in [0, 0.05) is 62.6 Å². The third-order valence-corrected chi connectivity index (χ3v) is 15.5. The van der Waals surface area contributed by atoms with Gasteiger partial charge in [-0.3, -0.25) is 43.7 Å². The van der Waals surface area contributed by atoms with Crippen LogP contribution < -0.4 is 21.3 Å². The zero-order chi connectivity index (χ0) is 58.2. The summed E-state index contributed by atoms with van der Waals surface area (Å²) in [5.41, 5.74) is 0.602. The SMILES string of the molecule is C/C=C/C[C@@H]1NC(=O)[C@H](CC(C)C)N2C(=O)[C@H](C[C@H](C)[C@H]2OCCCC)N(C)C(=O)[C@H](C)NC(=O)[C@H](Cc2ccc(O)c([N+](=O)[O-])c2)NC(=O)[C@H](CC(C)C)N(C)C(=O)[C@H](Cc2cn(C(C)(C)[C@H]3CO3)c3ccccc23)NC1=O. The number of rotatable bonds is 17. The first kappa shape index (κ1) is 61.3. The third-order valence-electron chi connectivity index (χ3n) is 15.5. The molecule has 21 heteroatoms. The van der Waals surface area contributed by atoms with Crippen LogP contribution in [0, 0.1) is 27.9 Å². The summed E-state index contributed by atoms with van der Waals surface area (Å²) in [6.07, 6.45) is 5.83. The maximum absolute atomic E-state index is 15.5. The van der Waals surface area contributed by atoms with Gasteiger partial charge in [0.15, 0.2) is 5.75 Å². The maximum atomic E-state index is 15.5. The van der Waals surface area contributed by atoms with Gasteiger partial charge in [-0.2, -0.15) is 0 Å². The van der Waals surface area contributed by atoms with Gasteiger partial charge >= 0.3 is 5.69 Å². The van der Waals surface area contributed by atoms with Crippen LogP contribution in [0.3, 0.4) is 0 Å². The summed E-state index contributed by atoms with van der Waals surface area (Å²) >= 11 is 0. The minimum absolute atomic E-state index is 0.00236. The Bertz CT molecular complexity index is 2750. The highest BCUT2D eigenvalue weighted by Gasteiger charge is 2.49. The predicted molar refractivity (Wildman–Crippen MR) is 297 cm³/mol. The van der Waals surface area contributed by atoms with Crippen molar-refractivity contribution < 1.29 is 53.1 Å². The number of ether oxygens (including phenoxy) is 2. The number of hydrogen-bond acceptors (Lipinski definition) is 12. The van der Waals surface area contributed by atoms with Gasteiger partial charge in [-0.1, -0.05) is 84.4 Å². The number of benzene rings is 2. The highest BCUT2D eigenvalue weighted by molar-refractivity contribution is 5.99. The monoisotopic (exact) mass is 1100 g/mol. The number of phenolic OH excluding ortho intramolecular Hbond substituents is 1. The summed E-state index contributed by atoms with van der Waals surface area (Å²) in [6.45, 7) is 19.6. The lowest BCUT2D eigenvalue weighted by Gasteiger charge is -2.48. The van der Waals surface area contributed by atoms with E-state index in [-0.39, 0.29) is 68.6 Å². The number of carbonyl (C=O) groups excluding carboxylic acids is 7. The molecule has 0 unspecified atom stereocenters. The lowest BCUT2D eigenvalue weighted by molar-refractivity contribution is -0.385. The molecule has 6 rings (SSSR count). The number of unbranched alkanes of at least 4 members (excludes halogenated alkanes) is 1. The Kier molecular flexibility index (Phi) is 20.5. The second-order valence-electron chi connectivity index (χ2n) is 23.0. The molecule has 79 heavy (non-hydrogen) atoms. The molecule has 432 valence electrons. The van der Waals surface area contributed by atoms with E-state index in [1.165, 1.54) is 41.8 Å². The number of para-hydroxylation sites is 1. The first-order valence-electron chi connectivity index (χ1n) is 27.8. The van der Waals surface area contributed by atoms with Crippen molar-refractivity contribution in [2.24, 2.45) is 17.8 Å². The molecule has 0 spiro atoms. The van der Waals surface area contributed by atoms with E-state index in [2.05, 4.69) is 39.7 Å². The molecule has 0 saturated carbocycles. The number of aromatic nitrogens is 1. The number of carbonyl (C=O) groups is 7. The fourth-order valence-corrected chi connectivity index (χ4v) is 10.8. The Balaban J connectivity index is 1.53. The van der Waals surface area contributed by atoms with Crippen molar-refractivity contribution in [3.8, 4) is 5.75 Å². The van der Waals surface area contributed by atoms with Crippen LogP contribution in [-0.2, 0) is 61.4 Å². The standard InChI is InChI=1S/C58H83N9O12/c1-13-15-20-40-50(69)62-42(30-38-31-65(58(9,10)49-32-79-49)43-21-18-17-19-39(38)43)55(74)63(11)45(25-33(3)4)52(71)61-41(28-37-22-23-48(68)44(29-37)67(76)77)51(70)59-36(8)54(73)64(12)47-27-35(7)57(78-24-16-14-2)66(56(47)75)46(26-34(5)6)53(72)60-40/h13,15,17-19,21-23,29,31,33-36,40-42,45-47,49,57,68H,14,16,20,24-28,30,32H2,1-12H3,(H,59,70)(H,60,72)(H,61,71)(H,62,69)/b15-13+/t35-,36-,40-,41-,42-,45-,46-,47-,49+,57+/m0/s1. The zero-order valence-electron chi connectivity index (χ0n) is 47.9. The Morgan fingerprint density at radius 1 is 0.823 bits per heavy atom. The lowest BCUT2D eigenvalue weighted by Crippen LogP contribution is -2.67. The molecule has 1 aromatic heterocycles. The van der Waals surface area contributed by atoms with Gasteiger partial charge in [-0.15, -0.1) is 0 Å². The average Bonchev–Trinajstić information content (AvgIpc) is 4.32. The first-order valence-corrected chi connectivity index (χ1v) is 27.8. The van der Waals surface area contributed by atoms with Crippen molar-refractivity contribution >= 4 is 57.9 Å². The quantitative estimate of drug-likeness (QED) is 0.0382. The molecule has 0 aliphatic carbocycles. The molecule has 3 aromatic rings. The molecule has 2 aromatic carbocycles. The number of nitro groups is 1. The smallest absolute Gasteiger partial charge is 0.310 e. The number of epoxide rings is 1. The van der Waals surface area contributed by atoms with Gasteiger partial charge < -0.3 is 55.1 Å². The summed E-state index contributed by atoms with van der Waals surface area (Å²) in [6, 6.07) is 2.19. The second kappa shape index (κ2) is 26.4. The van der Waals surface area contributed by atoms with E-state index in [1.54, 1.807) is 19.1 Å². The van der Waals surface area contributed by atoms with Crippen molar-refractivity contribution in [3.63, 3.8) is 0 Å². The van der Waals surface area contributed by atoms with Crippen LogP contribution in [0.4, 0.5) is 5.69 Å². The number of amides is 7. The number of nitro benzene ring substituents is 1. The molecule has 5 N–H and O–H groups in total. The topological polar surface area (TPSA) is 267 Å². The Morgan fingerprint density at radius 3 is 2.08 bits per heavy atom. The van der Waals surface area contributed by atoms with Crippen LogP contribution in [-0.4, -0.2) is 153 Å². The fourth-order valence-electron chi connectivity index (χ4n) is 10.8. The normalized spacial score (nSPS) is 26.4. The van der Waals surface area contributed by atoms with Gasteiger partial charge in [0.05, 0.1) is 17.1 Å². The fraction of sp³-hybridized carbons (Fsp3) is 0.603. The number of likely N-dealkylation sites (N-methyl/N-ethyl adjacent to an activating group) is 2. The molecule has 10 atom stereocenters. The van der Waals surface area contributed by atoms with E-state index in [0.29, 0.717) is 18.6 Å². The van der Waals surface area contributed by atoms with Crippen LogP contribution in [0.15, 0.2) is 60.8 Å². The van der Waals surface area contributed by atoms with E-state index in [9.17, 15) is 29.6 Å². The maximum Gasteiger partial charge on any atom is 0.310 e.